The Morgan fingerprint density at radius 2 is 1.82 bits per heavy atom. The number of benzene rings is 2. The SMILES string of the molecule is COCCN(C)C(=O)c1ccc(Cn2c(C)cc(OCc3ccc(F)cc3F)c(Br)c2=O)cc1. The third-order valence-corrected chi connectivity index (χ3v) is 6.06. The molecule has 1 aromatic heterocycles. The second-order valence-corrected chi connectivity index (χ2v) is 8.59. The van der Waals surface area contributed by atoms with Crippen LogP contribution in [0.1, 0.15) is 27.2 Å². The molecule has 0 saturated heterocycles. The summed E-state index contributed by atoms with van der Waals surface area (Å²) in [4.78, 5) is 27.0. The highest BCUT2D eigenvalue weighted by atomic mass is 79.9. The first-order valence-electron chi connectivity index (χ1n) is 10.5. The maximum absolute atomic E-state index is 13.9. The predicted octanol–water partition coefficient (Wildman–Crippen LogP) is 4.54. The lowest BCUT2D eigenvalue weighted by molar-refractivity contribution is 0.0744. The zero-order chi connectivity index (χ0) is 24.8. The standard InChI is InChI=1S/C25H25BrF2N2O4/c1-16-12-22(34-15-19-8-9-20(27)13-21(19)28)23(26)25(32)30(16)14-17-4-6-18(7-5-17)24(31)29(2)10-11-33-3/h4-9,12-13H,10-11,14-15H2,1-3H3. The monoisotopic (exact) mass is 534 g/mol. The number of hydrogen-bond donors (Lipinski definition) is 0. The number of amides is 1. The smallest absolute Gasteiger partial charge is 0.269 e. The summed E-state index contributed by atoms with van der Waals surface area (Å²) in [5.41, 5.74) is 1.90. The van der Waals surface area contributed by atoms with Crippen LogP contribution in [0.2, 0.25) is 0 Å². The van der Waals surface area contributed by atoms with Gasteiger partial charge in [-0.05, 0) is 52.7 Å². The Morgan fingerprint density at radius 1 is 1.12 bits per heavy atom. The van der Waals surface area contributed by atoms with Crippen molar-refractivity contribution in [1.82, 2.24) is 9.47 Å². The van der Waals surface area contributed by atoms with Crippen molar-refractivity contribution in [2.75, 3.05) is 27.3 Å². The lowest BCUT2D eigenvalue weighted by Gasteiger charge is -2.17. The van der Waals surface area contributed by atoms with Gasteiger partial charge in [0, 0.05) is 49.7 Å². The first-order valence-corrected chi connectivity index (χ1v) is 11.3. The van der Waals surface area contributed by atoms with E-state index < -0.39 is 11.6 Å². The number of carbonyl (C=O) groups excluding carboxylic acids is 1. The number of carbonyl (C=O) groups is 1. The van der Waals surface area contributed by atoms with Gasteiger partial charge in [0.15, 0.2) is 0 Å². The summed E-state index contributed by atoms with van der Waals surface area (Å²) in [5, 5.41) is 0. The maximum atomic E-state index is 13.9. The number of rotatable bonds is 9. The average molecular weight is 535 g/mol. The number of methoxy groups -OCH3 is 1. The Labute approximate surface area is 204 Å². The van der Waals surface area contributed by atoms with E-state index in [9.17, 15) is 18.4 Å². The normalized spacial score (nSPS) is 10.9. The number of hydrogen-bond acceptors (Lipinski definition) is 4. The molecule has 3 rings (SSSR count). The fourth-order valence-electron chi connectivity index (χ4n) is 3.30. The fourth-order valence-corrected chi connectivity index (χ4v) is 3.74. The molecule has 0 saturated carbocycles. The van der Waals surface area contributed by atoms with Gasteiger partial charge in [0.05, 0.1) is 13.2 Å². The van der Waals surface area contributed by atoms with E-state index in [1.165, 1.54) is 6.07 Å². The van der Waals surface area contributed by atoms with Gasteiger partial charge in [-0.1, -0.05) is 12.1 Å². The highest BCUT2D eigenvalue weighted by Crippen LogP contribution is 2.24. The van der Waals surface area contributed by atoms with Crippen LogP contribution in [0.25, 0.3) is 0 Å². The van der Waals surface area contributed by atoms with E-state index in [0.717, 1.165) is 17.7 Å². The molecule has 0 N–H and O–H groups in total. The molecule has 6 nitrogen and oxygen atoms in total. The van der Waals surface area contributed by atoms with Gasteiger partial charge in [0.25, 0.3) is 11.5 Å². The third-order valence-electron chi connectivity index (χ3n) is 5.33. The van der Waals surface area contributed by atoms with Crippen LogP contribution in [0.5, 0.6) is 5.75 Å². The fraction of sp³-hybridized carbons (Fsp3) is 0.280. The van der Waals surface area contributed by atoms with Crippen LogP contribution in [-0.4, -0.2) is 42.7 Å². The van der Waals surface area contributed by atoms with Crippen LogP contribution < -0.4 is 10.3 Å². The lowest BCUT2D eigenvalue weighted by atomic mass is 10.1. The van der Waals surface area contributed by atoms with Crippen LogP contribution >= 0.6 is 15.9 Å². The highest BCUT2D eigenvalue weighted by molar-refractivity contribution is 9.10. The Bertz CT molecular complexity index is 1230. The number of halogens is 3. The van der Waals surface area contributed by atoms with Gasteiger partial charge in [0.1, 0.15) is 28.5 Å². The molecular formula is C25H25BrF2N2O4. The van der Waals surface area contributed by atoms with E-state index in [0.29, 0.717) is 31.0 Å². The Kier molecular flexibility index (Phi) is 8.57. The maximum Gasteiger partial charge on any atom is 0.269 e. The first kappa shape index (κ1) is 25.6. The van der Waals surface area contributed by atoms with Crippen LogP contribution in [0.15, 0.2) is 57.8 Å². The first-order chi connectivity index (χ1) is 16.2. The van der Waals surface area contributed by atoms with E-state index in [1.807, 2.05) is 0 Å². The molecule has 0 aliphatic rings. The van der Waals surface area contributed by atoms with Crippen molar-refractivity contribution in [1.29, 1.82) is 0 Å². The minimum absolute atomic E-state index is 0.112. The number of pyridine rings is 1. The van der Waals surface area contributed by atoms with Gasteiger partial charge in [0.2, 0.25) is 0 Å². The highest BCUT2D eigenvalue weighted by Gasteiger charge is 2.15. The summed E-state index contributed by atoms with van der Waals surface area (Å²) in [6.07, 6.45) is 0. The molecule has 0 unspecified atom stereocenters. The van der Waals surface area contributed by atoms with Crippen molar-refractivity contribution < 1.29 is 23.0 Å². The lowest BCUT2D eigenvalue weighted by Crippen LogP contribution is -2.30. The molecule has 34 heavy (non-hydrogen) atoms. The number of likely N-dealkylation sites (N-methyl/N-ethyl adjacent to an activating group) is 1. The van der Waals surface area contributed by atoms with Crippen molar-refractivity contribution >= 4 is 21.8 Å². The molecule has 3 aromatic rings. The van der Waals surface area contributed by atoms with E-state index in [-0.39, 0.29) is 33.9 Å². The molecule has 0 atom stereocenters. The Balaban J connectivity index is 1.73. The molecule has 0 aliphatic heterocycles. The van der Waals surface area contributed by atoms with Crippen LogP contribution in [0.3, 0.4) is 0 Å². The Morgan fingerprint density at radius 3 is 2.47 bits per heavy atom. The van der Waals surface area contributed by atoms with Crippen molar-refractivity contribution in [2.45, 2.75) is 20.1 Å². The average Bonchev–Trinajstić information content (AvgIpc) is 2.82. The van der Waals surface area contributed by atoms with E-state index in [4.69, 9.17) is 9.47 Å². The Hall–Kier alpha value is -3.04. The molecule has 0 spiro atoms. The molecule has 2 aromatic carbocycles. The van der Waals surface area contributed by atoms with Gasteiger partial charge in [-0.25, -0.2) is 8.78 Å². The van der Waals surface area contributed by atoms with Crippen molar-refractivity contribution in [3.05, 3.63) is 97.4 Å². The minimum atomic E-state index is -0.715. The van der Waals surface area contributed by atoms with Gasteiger partial charge in [-0.3, -0.25) is 9.59 Å². The van der Waals surface area contributed by atoms with E-state index >= 15 is 0 Å². The quantitative estimate of drug-likeness (QED) is 0.404. The topological polar surface area (TPSA) is 60.8 Å². The molecule has 0 bridgehead atoms. The van der Waals surface area contributed by atoms with Gasteiger partial charge < -0.3 is 18.9 Å². The summed E-state index contributed by atoms with van der Waals surface area (Å²) in [7, 11) is 3.29. The molecule has 9 heteroatoms. The second-order valence-electron chi connectivity index (χ2n) is 7.80. The van der Waals surface area contributed by atoms with Crippen LogP contribution in [0, 0.1) is 18.6 Å². The molecule has 180 valence electrons. The zero-order valence-corrected chi connectivity index (χ0v) is 20.7. The summed E-state index contributed by atoms with van der Waals surface area (Å²) in [6, 6.07) is 12.0. The zero-order valence-electron chi connectivity index (χ0n) is 19.1. The number of nitrogens with zero attached hydrogens (tertiary/aromatic N) is 2. The van der Waals surface area contributed by atoms with Crippen molar-refractivity contribution in [3.8, 4) is 5.75 Å². The van der Waals surface area contributed by atoms with Gasteiger partial charge in [-0.15, -0.1) is 0 Å². The molecular weight excluding hydrogens is 510 g/mol. The van der Waals surface area contributed by atoms with Crippen molar-refractivity contribution in [2.24, 2.45) is 0 Å². The third kappa shape index (κ3) is 6.09. The summed E-state index contributed by atoms with van der Waals surface area (Å²) >= 11 is 3.28. The molecule has 0 fully saturated rings. The molecule has 0 aliphatic carbocycles. The number of ether oxygens (including phenoxy) is 2. The van der Waals surface area contributed by atoms with Crippen molar-refractivity contribution in [3.63, 3.8) is 0 Å². The second kappa shape index (κ2) is 11.4. The molecule has 1 amide bonds. The minimum Gasteiger partial charge on any atom is -0.487 e. The number of aryl methyl sites for hydroxylation is 1. The summed E-state index contributed by atoms with van der Waals surface area (Å²) < 4.78 is 39.4. The summed E-state index contributed by atoms with van der Waals surface area (Å²) in [5.74, 6) is -1.23. The van der Waals surface area contributed by atoms with Crippen LogP contribution in [-0.2, 0) is 17.9 Å². The molecule has 0 radical (unpaired) electrons. The number of aromatic nitrogens is 1. The van der Waals surface area contributed by atoms with Crippen LogP contribution in [0.4, 0.5) is 8.78 Å². The largest absolute Gasteiger partial charge is 0.487 e. The molecule has 1 heterocycles. The van der Waals surface area contributed by atoms with E-state index in [2.05, 4.69) is 15.9 Å². The van der Waals surface area contributed by atoms with E-state index in [1.54, 1.807) is 60.9 Å². The summed E-state index contributed by atoms with van der Waals surface area (Å²) in [6.45, 7) is 2.85. The van der Waals surface area contributed by atoms with Gasteiger partial charge in [-0.2, -0.15) is 0 Å². The predicted molar refractivity (Wildman–Crippen MR) is 128 cm³/mol. The van der Waals surface area contributed by atoms with Gasteiger partial charge >= 0.3 is 0 Å².